The molecule has 0 spiro atoms. The van der Waals surface area contributed by atoms with E-state index in [4.69, 9.17) is 9.15 Å². The summed E-state index contributed by atoms with van der Waals surface area (Å²) in [5.41, 5.74) is 0.335. The SMILES string of the molecule is CCOc1ccc(NC(=O)CSc2nnc(Cc3c(C)[nH]c(=O)[nH]c3=O)o2)cc1. The molecule has 0 aliphatic carbocycles. The van der Waals surface area contributed by atoms with Crippen LogP contribution in [0.4, 0.5) is 5.69 Å². The lowest BCUT2D eigenvalue weighted by atomic mass is 10.2. The number of hydrogen-bond acceptors (Lipinski definition) is 8. The molecule has 11 heteroatoms. The van der Waals surface area contributed by atoms with E-state index in [-0.39, 0.29) is 29.2 Å². The summed E-state index contributed by atoms with van der Waals surface area (Å²) in [5.74, 6) is 0.786. The van der Waals surface area contributed by atoms with E-state index in [0.717, 1.165) is 17.5 Å². The van der Waals surface area contributed by atoms with Gasteiger partial charge in [-0.2, -0.15) is 0 Å². The highest BCUT2D eigenvalue weighted by Crippen LogP contribution is 2.19. The van der Waals surface area contributed by atoms with E-state index in [2.05, 4.69) is 25.5 Å². The van der Waals surface area contributed by atoms with Gasteiger partial charge in [-0.1, -0.05) is 11.8 Å². The van der Waals surface area contributed by atoms with Crippen molar-refractivity contribution in [2.75, 3.05) is 17.7 Å². The zero-order valence-corrected chi connectivity index (χ0v) is 16.6. The first-order valence-electron chi connectivity index (χ1n) is 8.74. The Kier molecular flexibility index (Phi) is 6.50. The van der Waals surface area contributed by atoms with Gasteiger partial charge in [0.05, 0.1) is 18.8 Å². The Balaban J connectivity index is 1.54. The van der Waals surface area contributed by atoms with Crippen LogP contribution in [0, 0.1) is 6.92 Å². The summed E-state index contributed by atoms with van der Waals surface area (Å²) in [7, 11) is 0. The minimum absolute atomic E-state index is 0.0733. The summed E-state index contributed by atoms with van der Waals surface area (Å²) in [4.78, 5) is 39.9. The Hall–Kier alpha value is -3.34. The lowest BCUT2D eigenvalue weighted by Gasteiger charge is -2.06. The van der Waals surface area contributed by atoms with E-state index in [0.29, 0.717) is 23.6 Å². The van der Waals surface area contributed by atoms with Crippen LogP contribution < -0.4 is 21.3 Å². The van der Waals surface area contributed by atoms with Crippen molar-refractivity contribution in [2.24, 2.45) is 0 Å². The highest BCUT2D eigenvalue weighted by Gasteiger charge is 2.14. The Morgan fingerprint density at radius 3 is 2.66 bits per heavy atom. The standard InChI is InChI=1S/C18H19N5O5S/c1-3-27-12-6-4-11(5-7-12)20-14(24)9-29-18-23-22-15(28-18)8-13-10(2)19-17(26)21-16(13)25/h4-7H,3,8-9H2,1-2H3,(H,20,24)(H2,19,21,25,26). The van der Waals surface area contributed by atoms with Crippen LogP contribution in [0.25, 0.3) is 0 Å². The monoisotopic (exact) mass is 417 g/mol. The summed E-state index contributed by atoms with van der Waals surface area (Å²) in [6.45, 7) is 4.09. The Morgan fingerprint density at radius 2 is 1.97 bits per heavy atom. The van der Waals surface area contributed by atoms with Crippen molar-refractivity contribution in [3.8, 4) is 5.75 Å². The third kappa shape index (κ3) is 5.57. The number of amides is 1. The second kappa shape index (κ2) is 9.24. The van der Waals surface area contributed by atoms with Crippen LogP contribution in [0.5, 0.6) is 5.75 Å². The number of H-pyrrole nitrogens is 2. The minimum atomic E-state index is -0.573. The average molecular weight is 417 g/mol. The van der Waals surface area contributed by atoms with Gasteiger partial charge in [-0.05, 0) is 38.1 Å². The number of aromatic amines is 2. The Labute approximate surface area is 169 Å². The van der Waals surface area contributed by atoms with Crippen LogP contribution >= 0.6 is 11.8 Å². The number of carbonyl (C=O) groups is 1. The number of carbonyl (C=O) groups excluding carboxylic acids is 1. The first-order chi connectivity index (χ1) is 13.9. The fourth-order valence-corrected chi connectivity index (χ4v) is 3.06. The van der Waals surface area contributed by atoms with E-state index in [1.54, 1.807) is 31.2 Å². The molecule has 10 nitrogen and oxygen atoms in total. The molecular weight excluding hydrogens is 398 g/mol. The molecule has 29 heavy (non-hydrogen) atoms. The molecule has 3 rings (SSSR count). The van der Waals surface area contributed by atoms with Crippen LogP contribution in [0.2, 0.25) is 0 Å². The Morgan fingerprint density at radius 1 is 1.21 bits per heavy atom. The predicted octanol–water partition coefficient (Wildman–Crippen LogP) is 1.47. The molecule has 1 amide bonds. The molecule has 2 heterocycles. The van der Waals surface area contributed by atoms with Crippen molar-refractivity contribution in [3.05, 3.63) is 62.3 Å². The zero-order valence-electron chi connectivity index (χ0n) is 15.8. The molecule has 0 unspecified atom stereocenters. The number of benzene rings is 1. The van der Waals surface area contributed by atoms with E-state index < -0.39 is 11.2 Å². The van der Waals surface area contributed by atoms with Gasteiger partial charge in [0, 0.05) is 16.9 Å². The van der Waals surface area contributed by atoms with Crippen LogP contribution in [0.15, 0.2) is 43.5 Å². The predicted molar refractivity (Wildman–Crippen MR) is 106 cm³/mol. The van der Waals surface area contributed by atoms with Gasteiger partial charge in [0.15, 0.2) is 0 Å². The van der Waals surface area contributed by atoms with Gasteiger partial charge >= 0.3 is 5.69 Å². The maximum absolute atomic E-state index is 12.1. The molecule has 0 fully saturated rings. The topological polar surface area (TPSA) is 143 Å². The molecule has 0 saturated carbocycles. The highest BCUT2D eigenvalue weighted by molar-refractivity contribution is 7.99. The maximum Gasteiger partial charge on any atom is 0.325 e. The molecule has 3 aromatic rings. The Bertz CT molecular complexity index is 1100. The van der Waals surface area contributed by atoms with Crippen molar-refractivity contribution in [1.29, 1.82) is 0 Å². The van der Waals surface area contributed by atoms with E-state index in [1.807, 2.05) is 6.92 Å². The number of ether oxygens (including phenoxy) is 1. The molecule has 0 saturated heterocycles. The number of rotatable bonds is 8. The molecule has 0 atom stereocenters. The van der Waals surface area contributed by atoms with Gasteiger partial charge in [0.1, 0.15) is 5.75 Å². The van der Waals surface area contributed by atoms with Crippen molar-refractivity contribution in [2.45, 2.75) is 25.5 Å². The number of aryl methyl sites for hydroxylation is 1. The summed E-state index contributed by atoms with van der Waals surface area (Å²) in [6, 6.07) is 7.05. The van der Waals surface area contributed by atoms with Crippen molar-refractivity contribution in [3.63, 3.8) is 0 Å². The fourth-order valence-electron chi connectivity index (χ4n) is 2.48. The van der Waals surface area contributed by atoms with E-state index >= 15 is 0 Å². The van der Waals surface area contributed by atoms with Crippen LogP contribution in [-0.2, 0) is 11.2 Å². The number of nitrogens with one attached hydrogen (secondary N) is 3. The van der Waals surface area contributed by atoms with Crippen molar-refractivity contribution < 1.29 is 13.9 Å². The largest absolute Gasteiger partial charge is 0.494 e. The van der Waals surface area contributed by atoms with E-state index in [1.165, 1.54) is 0 Å². The second-order valence-corrected chi connectivity index (χ2v) is 6.87. The third-order valence-corrected chi connectivity index (χ3v) is 4.63. The lowest BCUT2D eigenvalue weighted by Crippen LogP contribution is -2.27. The molecule has 3 N–H and O–H groups in total. The summed E-state index contributed by atoms with van der Waals surface area (Å²) in [5, 5.41) is 10.7. The van der Waals surface area contributed by atoms with Gasteiger partial charge < -0.3 is 19.5 Å². The third-order valence-electron chi connectivity index (χ3n) is 3.81. The average Bonchev–Trinajstić information content (AvgIpc) is 3.12. The number of aromatic nitrogens is 4. The summed E-state index contributed by atoms with van der Waals surface area (Å²) >= 11 is 1.08. The van der Waals surface area contributed by atoms with Crippen LogP contribution in [0.1, 0.15) is 24.1 Å². The fraction of sp³-hybridized carbons (Fsp3) is 0.278. The number of nitrogens with zero attached hydrogens (tertiary/aromatic N) is 2. The maximum atomic E-state index is 12.1. The molecule has 0 aliphatic rings. The number of thioether (sulfide) groups is 1. The molecule has 1 aromatic carbocycles. The molecule has 0 aliphatic heterocycles. The second-order valence-electron chi connectivity index (χ2n) is 5.94. The minimum Gasteiger partial charge on any atom is -0.494 e. The zero-order chi connectivity index (χ0) is 20.8. The quantitative estimate of drug-likeness (QED) is 0.468. The smallest absolute Gasteiger partial charge is 0.325 e. The molecule has 0 bridgehead atoms. The first kappa shape index (κ1) is 20.4. The molecule has 2 aromatic heterocycles. The van der Waals surface area contributed by atoms with Crippen LogP contribution in [-0.4, -0.2) is 38.4 Å². The van der Waals surface area contributed by atoms with Crippen molar-refractivity contribution in [1.82, 2.24) is 20.2 Å². The molecular formula is C18H19N5O5S. The summed E-state index contributed by atoms with van der Waals surface area (Å²) in [6.07, 6.45) is 0.0733. The highest BCUT2D eigenvalue weighted by atomic mass is 32.2. The first-order valence-corrected chi connectivity index (χ1v) is 9.73. The summed E-state index contributed by atoms with van der Waals surface area (Å²) < 4.78 is 10.8. The normalized spacial score (nSPS) is 10.7. The van der Waals surface area contributed by atoms with Crippen molar-refractivity contribution >= 4 is 23.4 Å². The van der Waals surface area contributed by atoms with Crippen LogP contribution in [0.3, 0.4) is 0 Å². The van der Waals surface area contributed by atoms with Gasteiger partial charge in [-0.25, -0.2) is 4.79 Å². The number of hydrogen-bond donors (Lipinski definition) is 3. The molecule has 152 valence electrons. The van der Waals surface area contributed by atoms with Gasteiger partial charge in [0.25, 0.3) is 10.8 Å². The number of anilines is 1. The molecule has 0 radical (unpaired) electrons. The van der Waals surface area contributed by atoms with Gasteiger partial charge in [-0.15, -0.1) is 10.2 Å². The van der Waals surface area contributed by atoms with Gasteiger partial charge in [-0.3, -0.25) is 14.6 Å². The lowest BCUT2D eigenvalue weighted by molar-refractivity contribution is -0.113. The van der Waals surface area contributed by atoms with Gasteiger partial charge in [0.2, 0.25) is 11.8 Å². The van der Waals surface area contributed by atoms with E-state index in [9.17, 15) is 14.4 Å².